The van der Waals surface area contributed by atoms with Gasteiger partial charge in [-0.25, -0.2) is 15.0 Å². The first-order chi connectivity index (χ1) is 16.2. The third kappa shape index (κ3) is 4.85. The fourth-order valence-electron chi connectivity index (χ4n) is 3.86. The van der Waals surface area contributed by atoms with Gasteiger partial charge in [-0.3, -0.25) is 9.36 Å². The molecule has 4 aromatic heterocycles. The Labute approximate surface area is 193 Å². The van der Waals surface area contributed by atoms with Crippen LogP contribution in [0.4, 0.5) is 11.8 Å². The van der Waals surface area contributed by atoms with Gasteiger partial charge in [0.05, 0.1) is 11.9 Å². The summed E-state index contributed by atoms with van der Waals surface area (Å²) in [5, 5.41) is 20.6. The van der Waals surface area contributed by atoms with Crippen LogP contribution in [0.15, 0.2) is 58.7 Å². The Bertz CT molecular complexity index is 1260. The van der Waals surface area contributed by atoms with Crippen molar-refractivity contribution in [1.82, 2.24) is 40.1 Å². The number of H-pyrrole nitrogens is 1. The number of nitrogens with zero attached hydrogens (tertiary/aromatic N) is 7. The summed E-state index contributed by atoms with van der Waals surface area (Å²) >= 11 is 1.63. The zero-order valence-electron chi connectivity index (χ0n) is 17.8. The molecule has 0 spiro atoms. The number of hydrogen-bond acceptors (Lipinski definition) is 10. The molecule has 1 aliphatic carbocycles. The lowest BCUT2D eigenvalue weighted by atomic mass is 10.2. The Hall–Kier alpha value is -3.80. The number of nitrogens with one attached hydrogen (secondary N) is 3. The Kier molecular flexibility index (Phi) is 5.98. The highest BCUT2D eigenvalue weighted by Crippen LogP contribution is 2.25. The number of thioether (sulfide) groups is 1. The summed E-state index contributed by atoms with van der Waals surface area (Å²) in [6.45, 7) is 0. The van der Waals surface area contributed by atoms with Crippen LogP contribution in [-0.2, 0) is 0 Å². The molecule has 0 aromatic carbocycles. The average Bonchev–Trinajstić information content (AvgIpc) is 3.53. The Morgan fingerprint density at radius 2 is 1.88 bits per heavy atom. The van der Waals surface area contributed by atoms with Gasteiger partial charge in [-0.05, 0) is 48.9 Å². The smallest absolute Gasteiger partial charge is 0.255 e. The number of aromatic nitrogens is 8. The van der Waals surface area contributed by atoms with Crippen molar-refractivity contribution in [3.63, 3.8) is 0 Å². The van der Waals surface area contributed by atoms with E-state index in [1.165, 1.54) is 10.6 Å². The van der Waals surface area contributed by atoms with Crippen molar-refractivity contribution in [1.29, 1.82) is 0 Å². The largest absolute Gasteiger partial charge is 0.367 e. The van der Waals surface area contributed by atoms with Crippen molar-refractivity contribution in [3.8, 4) is 17.1 Å². The molecule has 4 heterocycles. The van der Waals surface area contributed by atoms with Gasteiger partial charge in [-0.2, -0.15) is 5.21 Å². The van der Waals surface area contributed by atoms with Crippen molar-refractivity contribution in [2.75, 3.05) is 16.9 Å². The summed E-state index contributed by atoms with van der Waals surface area (Å²) in [5.41, 5.74) is 1.09. The van der Waals surface area contributed by atoms with Crippen LogP contribution in [0, 0.1) is 0 Å². The van der Waals surface area contributed by atoms with Crippen molar-refractivity contribution in [2.45, 2.75) is 36.2 Å². The van der Waals surface area contributed by atoms with Gasteiger partial charge in [0.25, 0.3) is 5.56 Å². The van der Waals surface area contributed by atoms with E-state index in [-0.39, 0.29) is 5.56 Å². The number of aromatic amines is 1. The molecule has 2 atom stereocenters. The highest BCUT2D eigenvalue weighted by Gasteiger charge is 2.25. The minimum absolute atomic E-state index is 0.197. The highest BCUT2D eigenvalue weighted by atomic mass is 32.2. The molecular formula is C21H22N10OS. The lowest BCUT2D eigenvalue weighted by Crippen LogP contribution is -2.22. The van der Waals surface area contributed by atoms with Gasteiger partial charge in [0.2, 0.25) is 11.8 Å². The predicted octanol–water partition coefficient (Wildman–Crippen LogP) is 2.37. The molecule has 11 nitrogen and oxygen atoms in total. The van der Waals surface area contributed by atoms with Gasteiger partial charge in [-0.1, -0.05) is 0 Å². The molecule has 0 saturated heterocycles. The van der Waals surface area contributed by atoms with E-state index in [0.717, 1.165) is 30.0 Å². The van der Waals surface area contributed by atoms with Crippen LogP contribution in [0.2, 0.25) is 0 Å². The van der Waals surface area contributed by atoms with Crippen molar-refractivity contribution >= 4 is 23.5 Å². The van der Waals surface area contributed by atoms with Gasteiger partial charge in [-0.15, -0.1) is 22.0 Å². The zero-order chi connectivity index (χ0) is 22.6. The molecule has 3 N–H and O–H groups in total. The fourth-order valence-corrected chi connectivity index (χ4v) is 4.18. The van der Waals surface area contributed by atoms with E-state index >= 15 is 0 Å². The predicted molar refractivity (Wildman–Crippen MR) is 125 cm³/mol. The van der Waals surface area contributed by atoms with Gasteiger partial charge in [0, 0.05) is 47.2 Å². The van der Waals surface area contributed by atoms with Crippen LogP contribution in [0.3, 0.4) is 0 Å². The molecule has 0 unspecified atom stereocenters. The minimum Gasteiger partial charge on any atom is -0.367 e. The SMILES string of the molecule is CSc1cnc(N[C@H]2CC[C@H](Nc3ccc(-n4ccc(-c5nn[nH]n5)cc4=O)cn3)C2)nc1. The van der Waals surface area contributed by atoms with E-state index in [4.69, 9.17) is 0 Å². The van der Waals surface area contributed by atoms with E-state index in [1.54, 1.807) is 30.2 Å². The molecule has 0 radical (unpaired) electrons. The molecule has 33 heavy (non-hydrogen) atoms. The van der Waals surface area contributed by atoms with E-state index in [1.807, 2.05) is 30.8 Å². The maximum atomic E-state index is 12.5. The molecule has 5 rings (SSSR count). The van der Waals surface area contributed by atoms with Gasteiger partial charge >= 0.3 is 0 Å². The second-order valence-corrected chi connectivity index (χ2v) is 8.58. The maximum Gasteiger partial charge on any atom is 0.255 e. The van der Waals surface area contributed by atoms with E-state index in [0.29, 0.717) is 35.1 Å². The third-order valence-electron chi connectivity index (χ3n) is 5.53. The van der Waals surface area contributed by atoms with Crippen LogP contribution in [0.5, 0.6) is 0 Å². The molecule has 1 saturated carbocycles. The zero-order valence-corrected chi connectivity index (χ0v) is 18.7. The standard InChI is InChI=1S/C21H22N10OS/c1-33-17-11-23-21(24-12-17)26-15-3-2-14(9-15)25-18-5-4-16(10-22-18)31-7-6-13(8-19(31)32)20-27-29-30-28-20/h4-8,10-12,14-15H,2-3,9H2,1H3,(H,22,25)(H,23,24,26)(H,27,28,29,30)/t14-,15-/m0/s1. The maximum absolute atomic E-state index is 12.5. The van der Waals surface area contributed by atoms with E-state index in [2.05, 4.69) is 46.2 Å². The van der Waals surface area contributed by atoms with Crippen molar-refractivity contribution < 1.29 is 0 Å². The molecule has 0 amide bonds. The summed E-state index contributed by atoms with van der Waals surface area (Å²) in [5.74, 6) is 1.82. The molecule has 12 heteroatoms. The lowest BCUT2D eigenvalue weighted by molar-refractivity contribution is 0.716. The number of pyridine rings is 2. The molecule has 4 aromatic rings. The van der Waals surface area contributed by atoms with Crippen LogP contribution in [0.1, 0.15) is 19.3 Å². The molecule has 168 valence electrons. The Morgan fingerprint density at radius 3 is 2.55 bits per heavy atom. The van der Waals surface area contributed by atoms with Crippen molar-refractivity contribution in [2.24, 2.45) is 0 Å². The fraction of sp³-hybridized carbons (Fsp3) is 0.286. The second-order valence-electron chi connectivity index (χ2n) is 7.70. The summed E-state index contributed by atoms with van der Waals surface area (Å²) in [4.78, 5) is 26.8. The van der Waals surface area contributed by atoms with Crippen LogP contribution < -0.4 is 16.2 Å². The van der Waals surface area contributed by atoms with Gasteiger partial charge < -0.3 is 10.6 Å². The first-order valence-corrected chi connectivity index (χ1v) is 11.7. The van der Waals surface area contributed by atoms with E-state index in [9.17, 15) is 4.79 Å². The number of hydrogen-bond donors (Lipinski definition) is 3. The monoisotopic (exact) mass is 462 g/mol. The molecular weight excluding hydrogens is 440 g/mol. The summed E-state index contributed by atoms with van der Waals surface area (Å²) in [6.07, 6.45) is 12.1. The summed E-state index contributed by atoms with van der Waals surface area (Å²) in [6, 6.07) is 7.63. The van der Waals surface area contributed by atoms with Crippen molar-refractivity contribution in [3.05, 3.63) is 59.4 Å². The number of anilines is 2. The van der Waals surface area contributed by atoms with Crippen LogP contribution in [-0.4, -0.2) is 58.5 Å². The molecule has 1 fully saturated rings. The highest BCUT2D eigenvalue weighted by molar-refractivity contribution is 7.98. The first-order valence-electron chi connectivity index (χ1n) is 10.5. The Balaban J connectivity index is 1.19. The molecule has 0 aliphatic heterocycles. The second kappa shape index (κ2) is 9.36. The molecule has 1 aliphatic rings. The Morgan fingerprint density at radius 1 is 1.06 bits per heavy atom. The lowest BCUT2D eigenvalue weighted by Gasteiger charge is -2.15. The van der Waals surface area contributed by atoms with Crippen LogP contribution in [0.25, 0.3) is 17.1 Å². The number of rotatable bonds is 7. The topological polar surface area (TPSA) is 139 Å². The summed E-state index contributed by atoms with van der Waals surface area (Å²) < 4.78 is 1.53. The summed E-state index contributed by atoms with van der Waals surface area (Å²) in [7, 11) is 0. The quantitative estimate of drug-likeness (QED) is 0.351. The first kappa shape index (κ1) is 21.1. The van der Waals surface area contributed by atoms with Crippen LogP contribution >= 0.6 is 11.8 Å². The minimum atomic E-state index is -0.197. The third-order valence-corrected chi connectivity index (χ3v) is 6.21. The van der Waals surface area contributed by atoms with Gasteiger partial charge in [0.1, 0.15) is 5.82 Å². The normalized spacial score (nSPS) is 17.7. The van der Waals surface area contributed by atoms with E-state index < -0.39 is 0 Å². The average molecular weight is 463 g/mol. The number of tetrazole rings is 1. The van der Waals surface area contributed by atoms with Gasteiger partial charge in [0.15, 0.2) is 0 Å². The molecule has 0 bridgehead atoms.